The van der Waals surface area contributed by atoms with Crippen LogP contribution in [0, 0.1) is 5.92 Å². The van der Waals surface area contributed by atoms with Crippen LogP contribution < -0.4 is 5.32 Å². The Hall–Kier alpha value is -1.06. The zero-order valence-electron chi connectivity index (χ0n) is 11.8. The summed E-state index contributed by atoms with van der Waals surface area (Å²) in [5, 5.41) is 23.0. The summed E-state index contributed by atoms with van der Waals surface area (Å²) in [4.78, 5) is 0. The van der Waals surface area contributed by atoms with Crippen LogP contribution in [0.15, 0.2) is 24.3 Å². The third-order valence-electron chi connectivity index (χ3n) is 3.01. The first kappa shape index (κ1) is 15.0. The molecular formula is C15H25NO2. The second-order valence-electron chi connectivity index (χ2n) is 5.79. The first-order valence-corrected chi connectivity index (χ1v) is 6.55. The summed E-state index contributed by atoms with van der Waals surface area (Å²) in [6, 6.07) is 7.31. The molecule has 2 atom stereocenters. The van der Waals surface area contributed by atoms with Gasteiger partial charge in [-0.15, -0.1) is 0 Å². The topological polar surface area (TPSA) is 52.5 Å². The Kier molecular flexibility index (Phi) is 5.17. The van der Waals surface area contributed by atoms with E-state index in [-0.39, 0.29) is 11.8 Å². The van der Waals surface area contributed by atoms with Gasteiger partial charge in [0.1, 0.15) is 5.75 Å². The molecule has 3 heteroatoms. The van der Waals surface area contributed by atoms with Crippen molar-refractivity contribution in [3.63, 3.8) is 0 Å². The minimum atomic E-state index is -0.695. The number of phenols is 1. The largest absolute Gasteiger partial charge is 0.508 e. The predicted molar refractivity (Wildman–Crippen MR) is 74.6 cm³/mol. The molecule has 18 heavy (non-hydrogen) atoms. The molecule has 1 rings (SSSR count). The Balaban J connectivity index is 2.53. The minimum Gasteiger partial charge on any atom is -0.508 e. The fourth-order valence-electron chi connectivity index (χ4n) is 2.24. The van der Waals surface area contributed by atoms with Gasteiger partial charge in [-0.2, -0.15) is 0 Å². The molecule has 1 aromatic carbocycles. The van der Waals surface area contributed by atoms with E-state index >= 15 is 0 Å². The highest BCUT2D eigenvalue weighted by atomic mass is 16.3. The van der Waals surface area contributed by atoms with E-state index < -0.39 is 5.60 Å². The standard InChI is InChI=1S/C15H25NO2/c1-11(2)9-15(4,18)10-16-12(3)13-6-5-7-14(17)8-13/h5-8,11-12,16-18H,9-10H2,1-4H3. The second kappa shape index (κ2) is 6.21. The molecule has 0 aromatic heterocycles. The highest BCUT2D eigenvalue weighted by Gasteiger charge is 2.22. The van der Waals surface area contributed by atoms with E-state index in [1.165, 1.54) is 0 Å². The van der Waals surface area contributed by atoms with Crippen molar-refractivity contribution in [3.8, 4) is 5.75 Å². The van der Waals surface area contributed by atoms with Gasteiger partial charge in [-0.25, -0.2) is 0 Å². The molecule has 0 bridgehead atoms. The minimum absolute atomic E-state index is 0.107. The van der Waals surface area contributed by atoms with Gasteiger partial charge in [0.2, 0.25) is 0 Å². The molecular weight excluding hydrogens is 226 g/mol. The molecule has 0 heterocycles. The van der Waals surface area contributed by atoms with Crippen molar-refractivity contribution in [2.24, 2.45) is 5.92 Å². The maximum absolute atomic E-state index is 10.2. The zero-order chi connectivity index (χ0) is 13.8. The summed E-state index contributed by atoms with van der Waals surface area (Å²) in [5.74, 6) is 0.743. The van der Waals surface area contributed by atoms with Crippen LogP contribution in [0.1, 0.15) is 45.7 Å². The quantitative estimate of drug-likeness (QED) is 0.728. The van der Waals surface area contributed by atoms with Gasteiger partial charge in [0.05, 0.1) is 5.60 Å². The van der Waals surface area contributed by atoms with Crippen LogP contribution >= 0.6 is 0 Å². The van der Waals surface area contributed by atoms with Crippen LogP contribution in [0.2, 0.25) is 0 Å². The Morgan fingerprint density at radius 3 is 2.50 bits per heavy atom. The molecule has 3 nitrogen and oxygen atoms in total. The predicted octanol–water partition coefficient (Wildman–Crippen LogP) is 2.84. The molecule has 102 valence electrons. The van der Waals surface area contributed by atoms with E-state index in [1.807, 2.05) is 26.0 Å². The van der Waals surface area contributed by atoms with Crippen LogP contribution in [0.3, 0.4) is 0 Å². The Labute approximate surface area is 110 Å². The summed E-state index contributed by atoms with van der Waals surface area (Å²) in [6.45, 7) is 8.64. The van der Waals surface area contributed by atoms with Gasteiger partial charge in [0, 0.05) is 12.6 Å². The molecule has 0 fully saturated rings. The van der Waals surface area contributed by atoms with E-state index in [1.54, 1.807) is 12.1 Å². The van der Waals surface area contributed by atoms with E-state index in [9.17, 15) is 10.2 Å². The average molecular weight is 251 g/mol. The van der Waals surface area contributed by atoms with Crippen LogP contribution in [0.25, 0.3) is 0 Å². The van der Waals surface area contributed by atoms with Crippen LogP contribution in [0.4, 0.5) is 0 Å². The number of hydrogen-bond donors (Lipinski definition) is 3. The first-order valence-electron chi connectivity index (χ1n) is 6.55. The summed E-state index contributed by atoms with van der Waals surface area (Å²) in [6.07, 6.45) is 0.771. The Bertz CT molecular complexity index is 375. The molecule has 0 aliphatic rings. The van der Waals surface area contributed by atoms with Crippen molar-refractivity contribution in [3.05, 3.63) is 29.8 Å². The van der Waals surface area contributed by atoms with Gasteiger partial charge in [-0.3, -0.25) is 0 Å². The Morgan fingerprint density at radius 1 is 1.28 bits per heavy atom. The van der Waals surface area contributed by atoms with Gasteiger partial charge >= 0.3 is 0 Å². The molecule has 1 aromatic rings. The van der Waals surface area contributed by atoms with Crippen molar-refractivity contribution in [2.75, 3.05) is 6.54 Å². The normalized spacial score (nSPS) is 16.6. The van der Waals surface area contributed by atoms with Crippen molar-refractivity contribution < 1.29 is 10.2 Å². The number of benzene rings is 1. The SMILES string of the molecule is CC(C)CC(C)(O)CNC(C)c1cccc(O)c1. The average Bonchev–Trinajstić information content (AvgIpc) is 2.24. The van der Waals surface area contributed by atoms with Crippen LogP contribution in [-0.4, -0.2) is 22.4 Å². The number of hydrogen-bond acceptors (Lipinski definition) is 3. The van der Waals surface area contributed by atoms with Gasteiger partial charge in [0.25, 0.3) is 0 Å². The number of rotatable bonds is 6. The van der Waals surface area contributed by atoms with E-state index in [2.05, 4.69) is 19.2 Å². The second-order valence-corrected chi connectivity index (χ2v) is 5.79. The lowest BCUT2D eigenvalue weighted by atomic mass is 9.94. The van der Waals surface area contributed by atoms with Gasteiger partial charge in [-0.1, -0.05) is 26.0 Å². The summed E-state index contributed by atoms with van der Waals surface area (Å²) in [5.41, 5.74) is 0.328. The molecule has 0 radical (unpaired) electrons. The van der Waals surface area contributed by atoms with Gasteiger partial charge in [-0.05, 0) is 43.9 Å². The number of aromatic hydroxyl groups is 1. The Morgan fingerprint density at radius 2 is 1.94 bits per heavy atom. The van der Waals surface area contributed by atoms with E-state index in [4.69, 9.17) is 0 Å². The first-order chi connectivity index (χ1) is 8.30. The maximum Gasteiger partial charge on any atom is 0.115 e. The van der Waals surface area contributed by atoms with Gasteiger partial charge in [0.15, 0.2) is 0 Å². The molecule has 0 aliphatic heterocycles. The van der Waals surface area contributed by atoms with E-state index in [0.717, 1.165) is 12.0 Å². The highest BCUT2D eigenvalue weighted by Crippen LogP contribution is 2.20. The lowest BCUT2D eigenvalue weighted by Gasteiger charge is -2.27. The van der Waals surface area contributed by atoms with Crippen LogP contribution in [-0.2, 0) is 0 Å². The third-order valence-corrected chi connectivity index (χ3v) is 3.01. The maximum atomic E-state index is 10.2. The molecule has 0 saturated carbocycles. The van der Waals surface area contributed by atoms with Crippen molar-refractivity contribution in [1.29, 1.82) is 0 Å². The van der Waals surface area contributed by atoms with Crippen molar-refractivity contribution in [2.45, 2.75) is 45.8 Å². The lowest BCUT2D eigenvalue weighted by Crippen LogP contribution is -2.39. The van der Waals surface area contributed by atoms with Crippen molar-refractivity contribution >= 4 is 0 Å². The number of nitrogens with one attached hydrogen (secondary N) is 1. The molecule has 0 amide bonds. The smallest absolute Gasteiger partial charge is 0.115 e. The zero-order valence-corrected chi connectivity index (χ0v) is 11.8. The highest BCUT2D eigenvalue weighted by molar-refractivity contribution is 5.29. The summed E-state index contributed by atoms with van der Waals surface area (Å²) >= 11 is 0. The molecule has 0 saturated heterocycles. The van der Waals surface area contributed by atoms with E-state index in [0.29, 0.717) is 12.5 Å². The number of aliphatic hydroxyl groups is 1. The summed E-state index contributed by atoms with van der Waals surface area (Å²) < 4.78 is 0. The summed E-state index contributed by atoms with van der Waals surface area (Å²) in [7, 11) is 0. The number of phenolic OH excluding ortho intramolecular Hbond substituents is 1. The van der Waals surface area contributed by atoms with Crippen LogP contribution in [0.5, 0.6) is 5.75 Å². The fourth-order valence-corrected chi connectivity index (χ4v) is 2.24. The lowest BCUT2D eigenvalue weighted by molar-refractivity contribution is 0.0363. The fraction of sp³-hybridized carbons (Fsp3) is 0.600. The molecule has 2 unspecified atom stereocenters. The van der Waals surface area contributed by atoms with Crippen molar-refractivity contribution in [1.82, 2.24) is 5.32 Å². The van der Waals surface area contributed by atoms with Gasteiger partial charge < -0.3 is 15.5 Å². The third kappa shape index (κ3) is 5.07. The molecule has 3 N–H and O–H groups in total. The molecule has 0 spiro atoms. The monoisotopic (exact) mass is 251 g/mol. The molecule has 0 aliphatic carbocycles.